The van der Waals surface area contributed by atoms with E-state index in [-0.39, 0.29) is 23.7 Å². The van der Waals surface area contributed by atoms with Gasteiger partial charge in [-0.2, -0.15) is 13.2 Å². The molecule has 3 rings (SSSR count). The molecule has 0 aromatic heterocycles. The highest BCUT2D eigenvalue weighted by Crippen LogP contribution is 2.39. The van der Waals surface area contributed by atoms with Crippen molar-refractivity contribution in [1.82, 2.24) is 0 Å². The number of ether oxygens (including phenoxy) is 1. The molecule has 0 bridgehead atoms. The van der Waals surface area contributed by atoms with E-state index in [2.05, 4.69) is 0 Å². The minimum atomic E-state index is -4.47. The molecule has 1 atom stereocenters. The van der Waals surface area contributed by atoms with E-state index in [1.807, 2.05) is 13.8 Å². The number of hydrogen-bond donors (Lipinski definition) is 1. The van der Waals surface area contributed by atoms with Crippen LogP contribution in [-0.2, 0) is 11.0 Å². The molecule has 1 fully saturated rings. The first-order valence-electron chi connectivity index (χ1n) is 9.93. The average molecular weight is 424 g/mol. The Hall–Kier alpha value is -2.57. The molecule has 1 N–H and O–H groups in total. The maximum Gasteiger partial charge on any atom is 0.416 e. The third kappa shape index (κ3) is 5.32. The molecule has 0 heterocycles. The van der Waals surface area contributed by atoms with Gasteiger partial charge in [-0.3, -0.25) is 4.79 Å². The van der Waals surface area contributed by atoms with Crippen molar-refractivity contribution < 1.29 is 32.2 Å². The summed E-state index contributed by atoms with van der Waals surface area (Å²) in [6, 6.07) is 6.96. The van der Waals surface area contributed by atoms with Crippen molar-refractivity contribution >= 4 is 5.97 Å². The SMILES string of the molecule is CC(C)CC(C(=O)O)c1cc(OCC2CC2)c(-c2ccc(C(F)(F)F)cc2)cc1F. The molecule has 3 nitrogen and oxygen atoms in total. The molecule has 1 aliphatic carbocycles. The lowest BCUT2D eigenvalue weighted by molar-refractivity contribution is -0.139. The number of rotatable bonds is 8. The molecule has 0 radical (unpaired) electrons. The first-order chi connectivity index (χ1) is 14.1. The standard InChI is InChI=1S/C23H24F4O3/c1-13(2)9-19(22(28)29)18-11-21(30-12-14-3-4-14)17(10-20(18)24)15-5-7-16(8-6-15)23(25,26)27/h5-8,10-11,13-14,19H,3-4,9,12H2,1-2H3,(H,28,29). The number of hydrogen-bond acceptors (Lipinski definition) is 2. The third-order valence-corrected chi connectivity index (χ3v) is 5.17. The molecule has 0 aliphatic heterocycles. The van der Waals surface area contributed by atoms with Crippen LogP contribution in [0.1, 0.15) is 50.2 Å². The highest BCUT2D eigenvalue weighted by Gasteiger charge is 2.31. The lowest BCUT2D eigenvalue weighted by Gasteiger charge is -2.19. The van der Waals surface area contributed by atoms with Crippen LogP contribution < -0.4 is 4.74 Å². The van der Waals surface area contributed by atoms with Crippen LogP contribution in [0, 0.1) is 17.7 Å². The Morgan fingerprint density at radius 1 is 1.17 bits per heavy atom. The molecule has 1 unspecified atom stereocenters. The van der Waals surface area contributed by atoms with Gasteiger partial charge in [0.05, 0.1) is 18.1 Å². The van der Waals surface area contributed by atoms with E-state index in [1.54, 1.807) is 0 Å². The van der Waals surface area contributed by atoms with Crippen molar-refractivity contribution in [3.63, 3.8) is 0 Å². The number of benzene rings is 2. The van der Waals surface area contributed by atoms with Gasteiger partial charge in [0.15, 0.2) is 0 Å². The molecule has 7 heteroatoms. The van der Waals surface area contributed by atoms with E-state index in [4.69, 9.17) is 4.74 Å². The monoisotopic (exact) mass is 424 g/mol. The predicted molar refractivity (Wildman–Crippen MR) is 105 cm³/mol. The van der Waals surface area contributed by atoms with Crippen molar-refractivity contribution in [3.8, 4) is 16.9 Å². The molecular weight excluding hydrogens is 400 g/mol. The molecule has 30 heavy (non-hydrogen) atoms. The summed E-state index contributed by atoms with van der Waals surface area (Å²) in [6.45, 7) is 4.12. The van der Waals surface area contributed by atoms with Gasteiger partial charge in [0.25, 0.3) is 0 Å². The number of alkyl halides is 3. The van der Waals surface area contributed by atoms with E-state index in [9.17, 15) is 27.5 Å². The Bertz CT molecular complexity index is 900. The summed E-state index contributed by atoms with van der Waals surface area (Å²) in [7, 11) is 0. The van der Waals surface area contributed by atoms with Crippen LogP contribution in [-0.4, -0.2) is 17.7 Å². The highest BCUT2D eigenvalue weighted by molar-refractivity contribution is 5.78. The van der Waals surface area contributed by atoms with Gasteiger partial charge in [-0.15, -0.1) is 0 Å². The second kappa shape index (κ2) is 8.66. The lowest BCUT2D eigenvalue weighted by atomic mass is 9.88. The number of carboxylic acid groups (broad SMARTS) is 1. The van der Waals surface area contributed by atoms with Crippen LogP contribution in [0.4, 0.5) is 17.6 Å². The van der Waals surface area contributed by atoms with Gasteiger partial charge >= 0.3 is 12.1 Å². The number of carbonyl (C=O) groups is 1. The zero-order valence-corrected chi connectivity index (χ0v) is 16.8. The number of carboxylic acids is 1. The van der Waals surface area contributed by atoms with Gasteiger partial charge in [-0.25, -0.2) is 4.39 Å². The van der Waals surface area contributed by atoms with Gasteiger partial charge in [0.1, 0.15) is 11.6 Å². The average Bonchev–Trinajstić information content (AvgIpc) is 3.48. The molecule has 0 amide bonds. The summed E-state index contributed by atoms with van der Waals surface area (Å²) in [5.41, 5.74) is -0.0985. The van der Waals surface area contributed by atoms with Crippen molar-refractivity contribution in [2.75, 3.05) is 6.61 Å². The Labute approximate surface area is 172 Å². The molecule has 1 aliphatic rings. The van der Waals surface area contributed by atoms with Crippen molar-refractivity contribution in [3.05, 3.63) is 53.3 Å². The Morgan fingerprint density at radius 3 is 2.30 bits per heavy atom. The van der Waals surface area contributed by atoms with Crippen molar-refractivity contribution in [2.24, 2.45) is 11.8 Å². The summed E-state index contributed by atoms with van der Waals surface area (Å²) < 4.78 is 59.4. The molecular formula is C23H24F4O3. The first kappa shape index (κ1) is 22.1. The quantitative estimate of drug-likeness (QED) is 0.491. The zero-order chi connectivity index (χ0) is 22.1. The first-order valence-corrected chi connectivity index (χ1v) is 9.93. The lowest BCUT2D eigenvalue weighted by Crippen LogP contribution is -2.16. The fourth-order valence-corrected chi connectivity index (χ4v) is 3.34. The normalized spacial score (nSPS) is 15.3. The maximum atomic E-state index is 15.0. The summed E-state index contributed by atoms with van der Waals surface area (Å²) >= 11 is 0. The molecule has 2 aromatic rings. The minimum absolute atomic E-state index is 0.0256. The Morgan fingerprint density at radius 2 is 1.80 bits per heavy atom. The summed E-state index contributed by atoms with van der Waals surface area (Å²) in [5.74, 6) is -2.15. The number of halogens is 4. The summed E-state index contributed by atoms with van der Waals surface area (Å²) in [5, 5.41) is 9.60. The van der Waals surface area contributed by atoms with E-state index < -0.39 is 29.4 Å². The third-order valence-electron chi connectivity index (χ3n) is 5.17. The smallest absolute Gasteiger partial charge is 0.416 e. The highest BCUT2D eigenvalue weighted by atomic mass is 19.4. The largest absolute Gasteiger partial charge is 0.493 e. The summed E-state index contributed by atoms with van der Waals surface area (Å²) in [4.78, 5) is 11.7. The van der Waals surface area contributed by atoms with Gasteiger partial charge in [-0.05, 0) is 60.9 Å². The van der Waals surface area contributed by atoms with E-state index in [0.717, 1.165) is 31.0 Å². The van der Waals surface area contributed by atoms with Crippen LogP contribution in [0.3, 0.4) is 0 Å². The second-order valence-electron chi connectivity index (χ2n) is 8.22. The maximum absolute atomic E-state index is 15.0. The topological polar surface area (TPSA) is 46.5 Å². The fourth-order valence-electron chi connectivity index (χ4n) is 3.34. The molecule has 162 valence electrons. The van der Waals surface area contributed by atoms with Crippen LogP contribution in [0.15, 0.2) is 36.4 Å². The Kier molecular flexibility index (Phi) is 6.38. The molecule has 0 saturated heterocycles. The Balaban J connectivity index is 2.03. The number of aliphatic carboxylic acids is 1. The zero-order valence-electron chi connectivity index (χ0n) is 16.8. The van der Waals surface area contributed by atoms with Crippen molar-refractivity contribution in [2.45, 2.75) is 45.2 Å². The van der Waals surface area contributed by atoms with Crippen LogP contribution in [0.2, 0.25) is 0 Å². The van der Waals surface area contributed by atoms with Crippen LogP contribution in [0.25, 0.3) is 11.1 Å². The molecule has 2 aromatic carbocycles. The van der Waals surface area contributed by atoms with Crippen molar-refractivity contribution in [1.29, 1.82) is 0 Å². The minimum Gasteiger partial charge on any atom is -0.493 e. The summed E-state index contributed by atoms with van der Waals surface area (Å²) in [6.07, 6.45) is -2.16. The van der Waals surface area contributed by atoms with Gasteiger partial charge in [0, 0.05) is 11.1 Å². The van der Waals surface area contributed by atoms with E-state index >= 15 is 0 Å². The molecule has 1 saturated carbocycles. The molecule has 0 spiro atoms. The second-order valence-corrected chi connectivity index (χ2v) is 8.22. The van der Waals surface area contributed by atoms with Gasteiger partial charge < -0.3 is 9.84 Å². The fraction of sp³-hybridized carbons (Fsp3) is 0.435. The van der Waals surface area contributed by atoms with E-state index in [0.29, 0.717) is 23.7 Å². The van der Waals surface area contributed by atoms with Gasteiger partial charge in [0.2, 0.25) is 0 Å². The van der Waals surface area contributed by atoms with E-state index in [1.165, 1.54) is 18.2 Å². The van der Waals surface area contributed by atoms with Gasteiger partial charge in [-0.1, -0.05) is 26.0 Å². The predicted octanol–water partition coefficient (Wildman–Crippen LogP) is 6.51. The van der Waals surface area contributed by atoms with Crippen LogP contribution >= 0.6 is 0 Å². The van der Waals surface area contributed by atoms with Crippen LogP contribution in [0.5, 0.6) is 5.75 Å².